The van der Waals surface area contributed by atoms with E-state index in [0.29, 0.717) is 0 Å². The van der Waals surface area contributed by atoms with Crippen molar-refractivity contribution in [3.8, 4) is 0 Å². The maximum absolute atomic E-state index is 4.77. The van der Waals surface area contributed by atoms with E-state index in [2.05, 4.69) is 52.4 Å². The molecule has 2 aromatic rings. The van der Waals surface area contributed by atoms with E-state index in [1.54, 1.807) is 23.5 Å². The first kappa shape index (κ1) is 21.3. The average molecular weight is 469 g/mol. The zero-order valence-electron chi connectivity index (χ0n) is 13.7. The number of nitrogens with zero attached hydrogens (tertiary/aromatic N) is 2. The fraction of sp³-hybridized carbons (Fsp3) is 0.167. The van der Waals surface area contributed by atoms with Crippen LogP contribution in [0.5, 0.6) is 0 Å². The van der Waals surface area contributed by atoms with E-state index in [4.69, 9.17) is 5.10 Å². The zero-order valence-corrected chi connectivity index (χ0v) is 17.6. The van der Waals surface area contributed by atoms with E-state index in [-0.39, 0.29) is 0 Å². The van der Waals surface area contributed by atoms with E-state index < -0.39 is 0 Å². The van der Waals surface area contributed by atoms with Crippen molar-refractivity contribution in [1.82, 2.24) is 0 Å². The summed E-state index contributed by atoms with van der Waals surface area (Å²) in [6.07, 6.45) is 6.26. The Kier molecular flexibility index (Phi) is 11.2. The van der Waals surface area contributed by atoms with Crippen molar-refractivity contribution in [2.24, 2.45) is 5.10 Å². The molecule has 0 fully saturated rings. The molecule has 0 atom stereocenters. The Morgan fingerprint density at radius 1 is 1.08 bits per heavy atom. The van der Waals surface area contributed by atoms with Crippen LogP contribution in [0.4, 0.5) is 11.4 Å². The summed E-state index contributed by atoms with van der Waals surface area (Å²) in [7, 11) is 4.49. The summed E-state index contributed by atoms with van der Waals surface area (Å²) >= 11 is 5.69. The van der Waals surface area contributed by atoms with Crippen LogP contribution in [0.25, 0.3) is 0 Å². The number of hydrogen-bond donors (Lipinski definition) is 0. The summed E-state index contributed by atoms with van der Waals surface area (Å²) in [4.78, 5) is 0. The Morgan fingerprint density at radius 3 is 2.25 bits per heavy atom. The maximum atomic E-state index is 4.77. The number of hydrogen-bond acceptors (Lipinski definition) is 4. The molecule has 0 aromatic heterocycles. The van der Waals surface area contributed by atoms with E-state index in [1.165, 1.54) is 4.24 Å². The number of anilines is 2. The molecular formula is C18H19ClN2PdS2. The van der Waals surface area contributed by atoms with Gasteiger partial charge in [0.1, 0.15) is 0 Å². The second-order valence-corrected chi connectivity index (χ2v) is 6.46. The van der Waals surface area contributed by atoms with E-state index in [0.717, 1.165) is 17.1 Å². The number of halogens is 1. The SMILES string of the molecule is CSC(=C/C(C)=N/N(c1[c-]cccc1)c1ccccc1)SC.[Cl][Pd+]. The van der Waals surface area contributed by atoms with Gasteiger partial charge in [-0.2, -0.15) is 29.4 Å². The summed E-state index contributed by atoms with van der Waals surface area (Å²) < 4.78 is 1.24. The molecule has 0 aliphatic rings. The predicted molar refractivity (Wildman–Crippen MR) is 108 cm³/mol. The molecule has 130 valence electrons. The Labute approximate surface area is 168 Å². The van der Waals surface area contributed by atoms with Crippen LogP contribution in [-0.2, 0) is 18.2 Å². The summed E-state index contributed by atoms with van der Waals surface area (Å²) in [6.45, 7) is 2.02. The molecule has 0 heterocycles. The van der Waals surface area contributed by atoms with Crippen molar-refractivity contribution in [3.63, 3.8) is 0 Å². The van der Waals surface area contributed by atoms with Gasteiger partial charge in [0.05, 0.1) is 11.4 Å². The first-order valence-corrected chi connectivity index (χ1v) is 11.5. The van der Waals surface area contributed by atoms with Gasteiger partial charge in [0.2, 0.25) is 0 Å². The van der Waals surface area contributed by atoms with Crippen LogP contribution in [0.15, 0.2) is 70.0 Å². The Balaban J connectivity index is 0.00000139. The predicted octanol–water partition coefficient (Wildman–Crippen LogP) is 6.26. The molecule has 0 amide bonds. The van der Waals surface area contributed by atoms with E-state index >= 15 is 0 Å². The van der Waals surface area contributed by atoms with Gasteiger partial charge in [-0.3, -0.25) is 5.01 Å². The fourth-order valence-electron chi connectivity index (χ4n) is 1.89. The molecule has 0 spiro atoms. The third-order valence-corrected chi connectivity index (χ3v) is 4.95. The van der Waals surface area contributed by atoms with Crippen LogP contribution in [0.2, 0.25) is 0 Å². The molecule has 0 bridgehead atoms. The summed E-state index contributed by atoms with van der Waals surface area (Å²) in [5, 5.41) is 6.69. The van der Waals surface area contributed by atoms with E-state index in [1.807, 2.05) is 66.5 Å². The van der Waals surface area contributed by atoms with Gasteiger partial charge in [-0.05, 0) is 43.3 Å². The summed E-state index contributed by atoms with van der Waals surface area (Å²) in [5.41, 5.74) is 2.91. The van der Waals surface area contributed by atoms with Crippen molar-refractivity contribution < 1.29 is 18.2 Å². The molecule has 0 aliphatic carbocycles. The minimum absolute atomic E-state index is 0.927. The molecule has 2 nitrogen and oxygen atoms in total. The van der Waals surface area contributed by atoms with Crippen molar-refractivity contribution in [3.05, 3.63) is 71.0 Å². The number of allylic oxidation sites excluding steroid dienone is 1. The Morgan fingerprint density at radius 2 is 1.71 bits per heavy atom. The fourth-order valence-corrected chi connectivity index (χ4v) is 3.14. The van der Waals surface area contributed by atoms with Gasteiger partial charge in [-0.15, -0.1) is 29.6 Å². The molecule has 0 N–H and O–H groups in total. The standard InChI is InChI=1S/C18H19N2S2.ClH.Pd/c1-15(14-18(21-2)22-3)19-20(16-10-6-4-7-11-16)17-12-8-5-9-13-17;;/h4-12,14H,1-3H3;1H;/q-1;;+2/p-1/b19-15+;;. The number of hydrazone groups is 1. The van der Waals surface area contributed by atoms with Crippen molar-refractivity contribution >= 4 is 50.1 Å². The van der Waals surface area contributed by atoms with Crippen LogP contribution in [0.3, 0.4) is 0 Å². The summed E-state index contributed by atoms with van der Waals surface area (Å²) in [5.74, 6) is 0. The molecule has 0 unspecified atom stereocenters. The van der Waals surface area contributed by atoms with Crippen molar-refractivity contribution in [2.75, 3.05) is 17.5 Å². The second kappa shape index (κ2) is 12.6. The van der Waals surface area contributed by atoms with Crippen molar-refractivity contribution in [2.45, 2.75) is 6.92 Å². The van der Waals surface area contributed by atoms with Crippen LogP contribution < -0.4 is 5.01 Å². The number of rotatable bonds is 6. The number of thioether (sulfide) groups is 2. The van der Waals surface area contributed by atoms with Crippen LogP contribution in [0, 0.1) is 6.07 Å². The molecular weight excluding hydrogens is 450 g/mol. The van der Waals surface area contributed by atoms with Gasteiger partial charge < -0.3 is 0 Å². The van der Waals surface area contributed by atoms with Gasteiger partial charge >= 0.3 is 27.7 Å². The summed E-state index contributed by atoms with van der Waals surface area (Å²) in [6, 6.07) is 21.2. The van der Waals surface area contributed by atoms with Gasteiger partial charge in [0.25, 0.3) is 0 Å². The monoisotopic (exact) mass is 468 g/mol. The van der Waals surface area contributed by atoms with Gasteiger partial charge in [-0.1, -0.05) is 18.2 Å². The molecule has 0 radical (unpaired) electrons. The topological polar surface area (TPSA) is 15.6 Å². The van der Waals surface area contributed by atoms with Gasteiger partial charge in [0, 0.05) is 4.24 Å². The van der Waals surface area contributed by atoms with Gasteiger partial charge in [-0.25, -0.2) is 0 Å². The Hall–Kier alpha value is -0.698. The zero-order chi connectivity index (χ0) is 17.8. The second-order valence-electron chi connectivity index (χ2n) is 4.51. The Bertz CT molecular complexity index is 603. The normalized spacial score (nSPS) is 10.5. The molecule has 0 saturated carbocycles. The quantitative estimate of drug-likeness (QED) is 0.215. The van der Waals surface area contributed by atoms with Gasteiger partial charge in [0.15, 0.2) is 0 Å². The van der Waals surface area contributed by atoms with Crippen LogP contribution in [-0.4, -0.2) is 18.2 Å². The number of benzene rings is 2. The molecule has 2 rings (SSSR count). The third kappa shape index (κ3) is 7.05. The third-order valence-electron chi connectivity index (χ3n) is 2.91. The molecule has 0 saturated heterocycles. The first-order valence-electron chi connectivity index (χ1n) is 7.03. The molecule has 0 aliphatic heterocycles. The minimum atomic E-state index is 0.927. The first-order chi connectivity index (χ1) is 11.7. The number of para-hydroxylation sites is 2. The molecule has 24 heavy (non-hydrogen) atoms. The average Bonchev–Trinajstić information content (AvgIpc) is 2.67. The van der Waals surface area contributed by atoms with Crippen LogP contribution in [0.1, 0.15) is 6.92 Å². The van der Waals surface area contributed by atoms with Crippen LogP contribution >= 0.6 is 33.1 Å². The molecule has 6 heteroatoms. The van der Waals surface area contributed by atoms with E-state index in [9.17, 15) is 0 Å². The van der Waals surface area contributed by atoms with Crippen molar-refractivity contribution in [1.29, 1.82) is 0 Å². The molecule has 2 aromatic carbocycles.